The van der Waals surface area contributed by atoms with Gasteiger partial charge in [-0.25, -0.2) is 4.98 Å². The number of benzene rings is 1. The van der Waals surface area contributed by atoms with Crippen molar-refractivity contribution < 1.29 is 9.47 Å². The van der Waals surface area contributed by atoms with E-state index in [2.05, 4.69) is 28.1 Å². The van der Waals surface area contributed by atoms with Gasteiger partial charge in [0, 0.05) is 37.5 Å². The third-order valence-corrected chi connectivity index (χ3v) is 5.44. The summed E-state index contributed by atoms with van der Waals surface area (Å²) in [4.78, 5) is 7.26. The predicted octanol–water partition coefficient (Wildman–Crippen LogP) is 3.07. The Kier molecular flexibility index (Phi) is 4.59. The highest BCUT2D eigenvalue weighted by Crippen LogP contribution is 2.35. The molecule has 0 atom stereocenters. The SMILES string of the molecule is COc1cc2nc(N3CCC(c4nncn4C)CC3)cc(C)c2cc1OC. The van der Waals surface area contributed by atoms with Crippen LogP contribution in [0.3, 0.4) is 0 Å². The average Bonchev–Trinajstić information content (AvgIpc) is 3.13. The molecule has 3 aromatic rings. The third kappa shape index (κ3) is 3.18. The van der Waals surface area contributed by atoms with E-state index in [1.165, 1.54) is 5.56 Å². The molecule has 0 aliphatic carbocycles. The van der Waals surface area contributed by atoms with Crippen LogP contribution < -0.4 is 14.4 Å². The molecule has 7 heteroatoms. The van der Waals surface area contributed by atoms with E-state index >= 15 is 0 Å². The maximum absolute atomic E-state index is 5.44. The van der Waals surface area contributed by atoms with E-state index in [9.17, 15) is 0 Å². The Bertz CT molecular complexity index is 960. The van der Waals surface area contributed by atoms with Gasteiger partial charge in [-0.1, -0.05) is 0 Å². The molecule has 27 heavy (non-hydrogen) atoms. The van der Waals surface area contributed by atoms with Crippen molar-refractivity contribution in [1.29, 1.82) is 0 Å². The van der Waals surface area contributed by atoms with E-state index in [1.54, 1.807) is 20.5 Å². The number of methoxy groups -OCH3 is 2. The quantitative estimate of drug-likeness (QED) is 0.706. The van der Waals surface area contributed by atoms with Crippen LogP contribution in [0.4, 0.5) is 5.82 Å². The summed E-state index contributed by atoms with van der Waals surface area (Å²) < 4.78 is 12.9. The average molecular weight is 367 g/mol. The first-order valence-electron chi connectivity index (χ1n) is 9.23. The first kappa shape index (κ1) is 17.6. The summed E-state index contributed by atoms with van der Waals surface area (Å²) >= 11 is 0. The lowest BCUT2D eigenvalue weighted by Gasteiger charge is -2.32. The van der Waals surface area contributed by atoms with E-state index in [0.29, 0.717) is 11.7 Å². The molecule has 3 heterocycles. The predicted molar refractivity (Wildman–Crippen MR) is 105 cm³/mol. The minimum absolute atomic E-state index is 0.458. The van der Waals surface area contributed by atoms with E-state index in [-0.39, 0.29) is 0 Å². The molecule has 1 fully saturated rings. The Hall–Kier alpha value is -2.83. The van der Waals surface area contributed by atoms with Gasteiger partial charge in [0.1, 0.15) is 18.0 Å². The number of rotatable bonds is 4. The van der Waals surface area contributed by atoms with E-state index < -0.39 is 0 Å². The van der Waals surface area contributed by atoms with Crippen LogP contribution in [0.5, 0.6) is 11.5 Å². The highest BCUT2D eigenvalue weighted by molar-refractivity contribution is 5.87. The van der Waals surface area contributed by atoms with Crippen molar-refractivity contribution in [3.05, 3.63) is 35.9 Å². The zero-order chi connectivity index (χ0) is 19.0. The van der Waals surface area contributed by atoms with Crippen LogP contribution in [-0.2, 0) is 7.05 Å². The smallest absolute Gasteiger partial charge is 0.162 e. The molecule has 0 saturated carbocycles. The van der Waals surface area contributed by atoms with Gasteiger partial charge in [-0.2, -0.15) is 0 Å². The second kappa shape index (κ2) is 7.06. The summed E-state index contributed by atoms with van der Waals surface area (Å²) in [6, 6.07) is 6.12. The molecule has 1 aliphatic heterocycles. The van der Waals surface area contributed by atoms with Crippen LogP contribution in [0.2, 0.25) is 0 Å². The minimum atomic E-state index is 0.458. The Morgan fingerprint density at radius 2 is 1.74 bits per heavy atom. The van der Waals surface area contributed by atoms with Gasteiger partial charge in [0.25, 0.3) is 0 Å². The van der Waals surface area contributed by atoms with E-state index in [4.69, 9.17) is 14.5 Å². The molecule has 7 nitrogen and oxygen atoms in total. The largest absolute Gasteiger partial charge is 0.493 e. The normalized spacial score (nSPS) is 15.3. The number of nitrogens with zero attached hydrogens (tertiary/aromatic N) is 5. The van der Waals surface area contributed by atoms with Crippen LogP contribution in [0, 0.1) is 6.92 Å². The molecule has 142 valence electrons. The molecule has 0 N–H and O–H groups in total. The fraction of sp³-hybridized carbons (Fsp3) is 0.450. The standard InChI is InChI=1S/C20H25N5O2/c1-13-9-19(22-16-11-18(27-4)17(26-3)10-15(13)16)25-7-5-14(6-8-25)20-23-21-12-24(20)2/h9-12,14H,5-8H2,1-4H3. The van der Waals surface area contributed by atoms with Gasteiger partial charge in [0.15, 0.2) is 11.5 Å². The summed E-state index contributed by atoms with van der Waals surface area (Å²) in [5, 5.41) is 9.38. The van der Waals surface area contributed by atoms with Crippen LogP contribution in [0.15, 0.2) is 24.5 Å². The number of ether oxygens (including phenoxy) is 2. The fourth-order valence-corrected chi connectivity index (χ4v) is 3.89. The molecule has 1 saturated heterocycles. The first-order valence-corrected chi connectivity index (χ1v) is 9.23. The Balaban J connectivity index is 1.60. The number of fused-ring (bicyclic) bond motifs is 1. The number of aromatic nitrogens is 4. The summed E-state index contributed by atoms with van der Waals surface area (Å²) in [6.07, 6.45) is 3.88. The molecular formula is C20H25N5O2. The lowest BCUT2D eigenvalue weighted by Crippen LogP contribution is -2.34. The van der Waals surface area contributed by atoms with E-state index in [1.807, 2.05) is 23.7 Å². The number of aryl methyl sites for hydroxylation is 2. The molecule has 0 spiro atoms. The van der Waals surface area contributed by atoms with Crippen molar-refractivity contribution in [1.82, 2.24) is 19.7 Å². The van der Waals surface area contributed by atoms with E-state index in [0.717, 1.165) is 54.2 Å². The summed E-state index contributed by atoms with van der Waals surface area (Å²) in [6.45, 7) is 4.04. The van der Waals surface area contributed by atoms with Crippen LogP contribution in [-0.4, -0.2) is 47.1 Å². The molecule has 0 amide bonds. The van der Waals surface area contributed by atoms with Crippen LogP contribution in [0.1, 0.15) is 30.1 Å². The number of pyridine rings is 1. The lowest BCUT2D eigenvalue weighted by molar-refractivity contribution is 0.356. The monoisotopic (exact) mass is 367 g/mol. The van der Waals surface area contributed by atoms with Gasteiger partial charge in [0.05, 0.1) is 19.7 Å². The van der Waals surface area contributed by atoms with Gasteiger partial charge < -0.3 is 18.9 Å². The van der Waals surface area contributed by atoms with Crippen molar-refractivity contribution in [2.75, 3.05) is 32.2 Å². The van der Waals surface area contributed by atoms with Crippen molar-refractivity contribution in [2.45, 2.75) is 25.7 Å². The molecule has 0 radical (unpaired) electrons. The molecule has 1 aliphatic rings. The Morgan fingerprint density at radius 1 is 1.04 bits per heavy atom. The van der Waals surface area contributed by atoms with Gasteiger partial charge in [-0.3, -0.25) is 0 Å². The highest BCUT2D eigenvalue weighted by atomic mass is 16.5. The Labute approximate surface area is 158 Å². The second-order valence-electron chi connectivity index (χ2n) is 7.08. The van der Waals surface area contributed by atoms with Crippen molar-refractivity contribution >= 4 is 16.7 Å². The molecule has 0 unspecified atom stereocenters. The van der Waals surface area contributed by atoms with Crippen LogP contribution >= 0.6 is 0 Å². The van der Waals surface area contributed by atoms with Crippen molar-refractivity contribution in [3.63, 3.8) is 0 Å². The minimum Gasteiger partial charge on any atom is -0.493 e. The maximum atomic E-state index is 5.44. The van der Waals surface area contributed by atoms with Gasteiger partial charge in [-0.15, -0.1) is 10.2 Å². The van der Waals surface area contributed by atoms with Gasteiger partial charge in [-0.05, 0) is 37.5 Å². The van der Waals surface area contributed by atoms with Crippen molar-refractivity contribution in [3.8, 4) is 11.5 Å². The summed E-state index contributed by atoms with van der Waals surface area (Å²) in [5.74, 6) is 3.99. The van der Waals surface area contributed by atoms with Gasteiger partial charge in [0.2, 0.25) is 0 Å². The first-order chi connectivity index (χ1) is 13.1. The summed E-state index contributed by atoms with van der Waals surface area (Å²) in [7, 11) is 5.32. The van der Waals surface area contributed by atoms with Crippen LogP contribution in [0.25, 0.3) is 10.9 Å². The number of hydrogen-bond acceptors (Lipinski definition) is 6. The number of piperidine rings is 1. The zero-order valence-corrected chi connectivity index (χ0v) is 16.3. The topological polar surface area (TPSA) is 65.3 Å². The fourth-order valence-electron chi connectivity index (χ4n) is 3.89. The van der Waals surface area contributed by atoms with Gasteiger partial charge >= 0.3 is 0 Å². The molecule has 1 aromatic carbocycles. The lowest BCUT2D eigenvalue weighted by atomic mass is 9.96. The molecule has 0 bridgehead atoms. The summed E-state index contributed by atoms with van der Waals surface area (Å²) in [5.41, 5.74) is 2.12. The maximum Gasteiger partial charge on any atom is 0.162 e. The molecule has 2 aromatic heterocycles. The molecular weight excluding hydrogens is 342 g/mol. The number of hydrogen-bond donors (Lipinski definition) is 0. The number of anilines is 1. The Morgan fingerprint density at radius 3 is 2.37 bits per heavy atom. The zero-order valence-electron chi connectivity index (χ0n) is 16.3. The van der Waals surface area contributed by atoms with Crippen molar-refractivity contribution in [2.24, 2.45) is 7.05 Å². The third-order valence-electron chi connectivity index (χ3n) is 5.44. The highest BCUT2D eigenvalue weighted by Gasteiger charge is 2.25. The second-order valence-corrected chi connectivity index (χ2v) is 7.08. The molecule has 4 rings (SSSR count).